The second kappa shape index (κ2) is 7.43. The van der Waals surface area contributed by atoms with Crippen LogP contribution in [0.5, 0.6) is 0 Å². The topological polar surface area (TPSA) is 113 Å². The number of hydrogen-bond acceptors (Lipinski definition) is 6. The average Bonchev–Trinajstić information content (AvgIpc) is 3.25. The van der Waals surface area contributed by atoms with Gasteiger partial charge >= 0.3 is 5.97 Å². The Kier molecular flexibility index (Phi) is 4.85. The summed E-state index contributed by atoms with van der Waals surface area (Å²) in [4.78, 5) is 29.8. The third-order valence-corrected chi connectivity index (χ3v) is 5.17. The molecule has 0 aromatic carbocycles. The van der Waals surface area contributed by atoms with Crippen molar-refractivity contribution in [1.29, 1.82) is 0 Å². The highest BCUT2D eigenvalue weighted by atomic mass is 16.4. The number of pyridine rings is 1. The van der Waals surface area contributed by atoms with Crippen LogP contribution in [0.1, 0.15) is 36.0 Å². The van der Waals surface area contributed by atoms with Crippen molar-refractivity contribution >= 4 is 11.9 Å². The molecule has 142 valence electrons. The maximum absolute atomic E-state index is 12.5. The smallest absolute Gasteiger partial charge is 0.317 e. The molecule has 2 saturated carbocycles. The van der Waals surface area contributed by atoms with Gasteiger partial charge in [-0.3, -0.25) is 19.5 Å². The third-order valence-electron chi connectivity index (χ3n) is 5.17. The molecule has 4 rings (SSSR count). The number of nitrogens with zero attached hydrogens (tertiary/aromatic N) is 5. The molecular formula is C18H22N6O3. The Balaban J connectivity index is 1.32. The number of hydrogen-bond donors (Lipinski definition) is 2. The first-order valence-corrected chi connectivity index (χ1v) is 9.17. The van der Waals surface area contributed by atoms with Gasteiger partial charge in [-0.15, -0.1) is 5.10 Å². The minimum atomic E-state index is -0.792. The zero-order chi connectivity index (χ0) is 18.8. The second-order valence-electron chi connectivity index (χ2n) is 7.34. The molecule has 9 heteroatoms. The first-order valence-electron chi connectivity index (χ1n) is 9.17. The first kappa shape index (κ1) is 17.6. The lowest BCUT2D eigenvalue weighted by atomic mass is 9.85. The summed E-state index contributed by atoms with van der Waals surface area (Å²) in [5.74, 6) is -0.331. The fraction of sp³-hybridized carbons (Fsp3) is 0.500. The summed E-state index contributed by atoms with van der Waals surface area (Å²) in [5, 5.41) is 19.8. The van der Waals surface area contributed by atoms with Crippen molar-refractivity contribution in [2.45, 2.75) is 37.8 Å². The van der Waals surface area contributed by atoms with Crippen molar-refractivity contribution < 1.29 is 14.7 Å². The highest BCUT2D eigenvalue weighted by Gasteiger charge is 2.37. The molecule has 2 N–H and O–H groups in total. The third kappa shape index (κ3) is 4.30. The molecular weight excluding hydrogens is 348 g/mol. The van der Waals surface area contributed by atoms with Gasteiger partial charge in [0.15, 0.2) is 0 Å². The van der Waals surface area contributed by atoms with Crippen LogP contribution in [0.2, 0.25) is 0 Å². The van der Waals surface area contributed by atoms with Crippen molar-refractivity contribution in [3.05, 3.63) is 36.4 Å². The standard InChI is InChI=1S/C18H22N6O3/c25-17(26)11-23(10-12-1-2-12)15-6-14(7-15)21-18(27)13-5-16(9-19-8-13)24-4-3-20-22-24/h3-5,8-9,12,14-15H,1-2,6-7,10-11H2,(H,21,27)(H,25,26). The molecule has 0 spiro atoms. The number of aromatic nitrogens is 4. The highest BCUT2D eigenvalue weighted by Crippen LogP contribution is 2.33. The van der Waals surface area contributed by atoms with Gasteiger partial charge in [0.1, 0.15) is 0 Å². The predicted molar refractivity (Wildman–Crippen MR) is 95.4 cm³/mol. The minimum absolute atomic E-state index is 0.0630. The zero-order valence-electron chi connectivity index (χ0n) is 14.9. The Morgan fingerprint density at radius 3 is 2.78 bits per heavy atom. The summed E-state index contributed by atoms with van der Waals surface area (Å²) in [5.41, 5.74) is 1.13. The summed E-state index contributed by atoms with van der Waals surface area (Å²) < 4.78 is 1.55. The van der Waals surface area contributed by atoms with Crippen LogP contribution in [0.3, 0.4) is 0 Å². The summed E-state index contributed by atoms with van der Waals surface area (Å²) in [6.45, 7) is 0.924. The summed E-state index contributed by atoms with van der Waals surface area (Å²) in [6.07, 6.45) is 10.3. The Hall–Kier alpha value is -2.81. The lowest BCUT2D eigenvalue weighted by Crippen LogP contribution is -2.55. The lowest BCUT2D eigenvalue weighted by molar-refractivity contribution is -0.139. The Labute approximate surface area is 156 Å². The van der Waals surface area contributed by atoms with Gasteiger partial charge in [0, 0.05) is 24.8 Å². The fourth-order valence-electron chi connectivity index (χ4n) is 3.44. The van der Waals surface area contributed by atoms with Gasteiger partial charge in [0.2, 0.25) is 0 Å². The molecule has 0 unspecified atom stereocenters. The van der Waals surface area contributed by atoms with Gasteiger partial charge in [-0.05, 0) is 37.7 Å². The largest absolute Gasteiger partial charge is 0.480 e. The van der Waals surface area contributed by atoms with E-state index in [1.807, 2.05) is 0 Å². The summed E-state index contributed by atoms with van der Waals surface area (Å²) in [6, 6.07) is 2.01. The van der Waals surface area contributed by atoms with E-state index in [9.17, 15) is 9.59 Å². The molecule has 2 aromatic rings. The van der Waals surface area contributed by atoms with Crippen LogP contribution in [0.15, 0.2) is 30.9 Å². The van der Waals surface area contributed by atoms with Gasteiger partial charge in [-0.2, -0.15) is 0 Å². The van der Waals surface area contributed by atoms with Crippen LogP contribution in [0.4, 0.5) is 0 Å². The van der Waals surface area contributed by atoms with Crippen molar-refractivity contribution in [1.82, 2.24) is 30.2 Å². The van der Waals surface area contributed by atoms with Crippen LogP contribution < -0.4 is 5.32 Å². The summed E-state index contributed by atoms with van der Waals surface area (Å²) in [7, 11) is 0. The molecule has 2 heterocycles. The molecule has 0 aliphatic heterocycles. The van der Waals surface area contributed by atoms with Crippen LogP contribution in [-0.2, 0) is 4.79 Å². The van der Waals surface area contributed by atoms with E-state index in [-0.39, 0.29) is 24.5 Å². The van der Waals surface area contributed by atoms with E-state index in [2.05, 4.69) is 25.5 Å². The van der Waals surface area contributed by atoms with Crippen LogP contribution in [0, 0.1) is 5.92 Å². The Morgan fingerprint density at radius 1 is 1.30 bits per heavy atom. The van der Waals surface area contributed by atoms with E-state index >= 15 is 0 Å². The second-order valence-corrected chi connectivity index (χ2v) is 7.34. The van der Waals surface area contributed by atoms with Crippen LogP contribution in [0.25, 0.3) is 5.69 Å². The Morgan fingerprint density at radius 2 is 2.11 bits per heavy atom. The van der Waals surface area contributed by atoms with Gasteiger partial charge in [-0.1, -0.05) is 5.21 Å². The maximum Gasteiger partial charge on any atom is 0.317 e. The number of amides is 1. The molecule has 0 bridgehead atoms. The number of aliphatic carboxylic acids is 1. The van der Waals surface area contributed by atoms with Gasteiger partial charge in [0.25, 0.3) is 5.91 Å². The first-order chi connectivity index (χ1) is 13.1. The molecule has 1 amide bonds. The van der Waals surface area contributed by atoms with Crippen LogP contribution in [-0.4, -0.2) is 67.0 Å². The van der Waals surface area contributed by atoms with Gasteiger partial charge in [-0.25, -0.2) is 4.68 Å². The molecule has 0 saturated heterocycles. The van der Waals surface area contributed by atoms with E-state index < -0.39 is 5.97 Å². The minimum Gasteiger partial charge on any atom is -0.480 e. The van der Waals surface area contributed by atoms with Gasteiger partial charge in [0.05, 0.1) is 36.4 Å². The van der Waals surface area contributed by atoms with E-state index in [0.717, 1.165) is 19.4 Å². The number of carbonyl (C=O) groups is 2. The molecule has 2 aliphatic rings. The van der Waals surface area contributed by atoms with E-state index in [4.69, 9.17) is 5.11 Å². The van der Waals surface area contributed by atoms with Crippen LogP contribution >= 0.6 is 0 Å². The maximum atomic E-state index is 12.5. The number of nitrogens with one attached hydrogen (secondary N) is 1. The SMILES string of the molecule is O=C(O)CN(CC1CC1)C1CC(NC(=O)c2cncc(-n3ccnn3)c2)C1. The monoisotopic (exact) mass is 370 g/mol. The molecule has 2 aliphatic carbocycles. The molecule has 9 nitrogen and oxygen atoms in total. The van der Waals surface area contributed by atoms with Crippen molar-refractivity contribution in [2.75, 3.05) is 13.1 Å². The number of carboxylic acid groups (broad SMARTS) is 1. The number of carbonyl (C=O) groups excluding carboxylic acids is 1. The van der Waals surface area contributed by atoms with E-state index in [0.29, 0.717) is 17.2 Å². The normalized spacial score (nSPS) is 21.7. The van der Waals surface area contributed by atoms with Crippen molar-refractivity contribution in [3.63, 3.8) is 0 Å². The fourth-order valence-corrected chi connectivity index (χ4v) is 3.44. The summed E-state index contributed by atoms with van der Waals surface area (Å²) >= 11 is 0. The molecule has 0 atom stereocenters. The van der Waals surface area contributed by atoms with Crippen molar-refractivity contribution in [2.24, 2.45) is 5.92 Å². The van der Waals surface area contributed by atoms with E-state index in [1.165, 1.54) is 19.0 Å². The molecule has 0 radical (unpaired) electrons. The number of carboxylic acids is 1. The highest BCUT2D eigenvalue weighted by molar-refractivity contribution is 5.94. The lowest BCUT2D eigenvalue weighted by Gasteiger charge is -2.42. The van der Waals surface area contributed by atoms with Crippen molar-refractivity contribution in [3.8, 4) is 5.69 Å². The number of rotatable bonds is 8. The van der Waals surface area contributed by atoms with Gasteiger partial charge < -0.3 is 10.4 Å². The molecule has 27 heavy (non-hydrogen) atoms. The van der Waals surface area contributed by atoms with E-state index in [1.54, 1.807) is 29.3 Å². The quantitative estimate of drug-likeness (QED) is 0.704. The Bertz CT molecular complexity index is 814. The average molecular weight is 370 g/mol. The molecule has 2 aromatic heterocycles. The molecule has 2 fully saturated rings. The predicted octanol–water partition coefficient (Wildman–Crippen LogP) is 0.720. The zero-order valence-corrected chi connectivity index (χ0v) is 14.9.